The number of para-hydroxylation sites is 1. The van der Waals surface area contributed by atoms with Crippen LogP contribution in [0.1, 0.15) is 10.4 Å². The van der Waals surface area contributed by atoms with Gasteiger partial charge in [-0.1, -0.05) is 53.0 Å². The van der Waals surface area contributed by atoms with E-state index in [4.69, 9.17) is 34.8 Å². The summed E-state index contributed by atoms with van der Waals surface area (Å²) in [5, 5.41) is 6.16. The fourth-order valence-electron chi connectivity index (χ4n) is 3.07. The molecule has 0 radical (unpaired) electrons. The summed E-state index contributed by atoms with van der Waals surface area (Å²) in [6.07, 6.45) is 0. The van der Waals surface area contributed by atoms with E-state index in [1.165, 1.54) is 6.07 Å². The van der Waals surface area contributed by atoms with Crippen molar-refractivity contribution in [3.63, 3.8) is 0 Å². The number of nitrogens with one attached hydrogen (secondary N) is 2. The minimum atomic E-state index is -0.655. The van der Waals surface area contributed by atoms with E-state index in [1.807, 2.05) is 0 Å². The Morgan fingerprint density at radius 1 is 0.812 bits per heavy atom. The van der Waals surface area contributed by atoms with Crippen LogP contribution in [0.3, 0.4) is 0 Å². The molecule has 3 aromatic carbocycles. The Balaban J connectivity index is 1.49. The third-order valence-corrected chi connectivity index (χ3v) is 5.55. The molecule has 32 heavy (non-hydrogen) atoms. The van der Waals surface area contributed by atoms with Crippen LogP contribution in [0.5, 0.6) is 0 Å². The van der Waals surface area contributed by atoms with Gasteiger partial charge in [-0.15, -0.1) is 0 Å². The number of anilines is 3. The fraction of sp³-hybridized carbons (Fsp3) is 0. The lowest BCUT2D eigenvalue weighted by Gasteiger charge is -2.15. The molecule has 1 aliphatic heterocycles. The Hall–Kier alpha value is -3.32. The van der Waals surface area contributed by atoms with E-state index < -0.39 is 11.8 Å². The van der Waals surface area contributed by atoms with Gasteiger partial charge in [0.15, 0.2) is 0 Å². The smallest absolute Gasteiger partial charge is 0.283 e. The third-order valence-electron chi connectivity index (χ3n) is 4.63. The molecular weight excluding hydrogens is 473 g/mol. The van der Waals surface area contributed by atoms with Crippen molar-refractivity contribution in [3.8, 4) is 0 Å². The summed E-state index contributed by atoms with van der Waals surface area (Å²) in [6, 6.07) is 19.6. The molecule has 0 unspecified atom stereocenters. The average Bonchev–Trinajstić information content (AvgIpc) is 2.99. The lowest BCUT2D eigenvalue weighted by atomic mass is 10.2. The number of carbonyl (C=O) groups is 3. The van der Waals surface area contributed by atoms with Crippen LogP contribution in [0.2, 0.25) is 10.0 Å². The number of imide groups is 1. The van der Waals surface area contributed by atoms with E-state index in [1.54, 1.807) is 66.7 Å². The highest BCUT2D eigenvalue weighted by Crippen LogP contribution is 2.31. The van der Waals surface area contributed by atoms with Gasteiger partial charge in [0.25, 0.3) is 17.7 Å². The first-order chi connectivity index (χ1) is 15.3. The Kier molecular flexibility index (Phi) is 6.19. The lowest BCUT2D eigenvalue weighted by Crippen LogP contribution is -2.32. The summed E-state index contributed by atoms with van der Waals surface area (Å²) in [5.41, 5.74) is 1.60. The second kappa shape index (κ2) is 9.04. The first-order valence-electron chi connectivity index (χ1n) is 9.32. The van der Waals surface area contributed by atoms with Gasteiger partial charge >= 0.3 is 0 Å². The molecule has 9 heteroatoms. The van der Waals surface area contributed by atoms with E-state index >= 15 is 0 Å². The molecule has 1 aliphatic rings. The van der Waals surface area contributed by atoms with Crippen molar-refractivity contribution in [2.24, 2.45) is 0 Å². The van der Waals surface area contributed by atoms with Crippen molar-refractivity contribution in [2.75, 3.05) is 15.5 Å². The molecule has 0 saturated carbocycles. The average molecular weight is 487 g/mol. The van der Waals surface area contributed by atoms with E-state index in [-0.39, 0.29) is 16.6 Å². The Bertz CT molecular complexity index is 1270. The van der Waals surface area contributed by atoms with Crippen LogP contribution in [0, 0.1) is 0 Å². The van der Waals surface area contributed by atoms with E-state index in [2.05, 4.69) is 10.6 Å². The Labute approximate surface area is 198 Å². The Morgan fingerprint density at radius 2 is 1.53 bits per heavy atom. The zero-order valence-electron chi connectivity index (χ0n) is 16.2. The molecule has 2 N–H and O–H groups in total. The Morgan fingerprint density at radius 3 is 2.22 bits per heavy atom. The minimum Gasteiger partial charge on any atom is -0.350 e. The molecular formula is C23H14Cl3N3O3. The van der Waals surface area contributed by atoms with Gasteiger partial charge in [-0.05, 0) is 54.6 Å². The van der Waals surface area contributed by atoms with Gasteiger partial charge in [-0.25, -0.2) is 4.90 Å². The number of hydrogen-bond donors (Lipinski definition) is 2. The van der Waals surface area contributed by atoms with Gasteiger partial charge < -0.3 is 10.6 Å². The van der Waals surface area contributed by atoms with Crippen LogP contribution in [0.25, 0.3) is 0 Å². The van der Waals surface area contributed by atoms with Gasteiger partial charge in [-0.3, -0.25) is 14.4 Å². The maximum Gasteiger partial charge on any atom is 0.283 e. The van der Waals surface area contributed by atoms with Crippen LogP contribution in [0.4, 0.5) is 17.1 Å². The molecule has 0 fully saturated rings. The topological polar surface area (TPSA) is 78.5 Å². The van der Waals surface area contributed by atoms with Crippen LogP contribution in [-0.2, 0) is 9.59 Å². The maximum absolute atomic E-state index is 12.8. The number of carbonyl (C=O) groups excluding carboxylic acids is 3. The standard InChI is InChI=1S/C23H14Cl3N3O3/c24-14-4-3-5-16(12-14)29-22(31)19(26)20(23(29)32)27-15-10-8-13(9-11-15)21(30)28-18-7-2-1-6-17(18)25/h1-12,27H,(H,28,30). The van der Waals surface area contributed by atoms with Crippen molar-refractivity contribution in [1.82, 2.24) is 0 Å². The number of rotatable bonds is 5. The van der Waals surface area contributed by atoms with Crippen molar-refractivity contribution < 1.29 is 14.4 Å². The zero-order valence-corrected chi connectivity index (χ0v) is 18.5. The molecule has 0 atom stereocenters. The number of amides is 3. The van der Waals surface area contributed by atoms with Crippen LogP contribution >= 0.6 is 34.8 Å². The van der Waals surface area contributed by atoms with Crippen LogP contribution < -0.4 is 15.5 Å². The van der Waals surface area contributed by atoms with Crippen molar-refractivity contribution in [2.45, 2.75) is 0 Å². The van der Waals surface area contributed by atoms with E-state index in [0.29, 0.717) is 32.7 Å². The summed E-state index contributed by atoms with van der Waals surface area (Å²) in [5.74, 6) is -1.61. The molecule has 0 bridgehead atoms. The predicted molar refractivity (Wildman–Crippen MR) is 126 cm³/mol. The molecule has 1 heterocycles. The summed E-state index contributed by atoms with van der Waals surface area (Å²) in [4.78, 5) is 38.8. The first kappa shape index (κ1) is 21.9. The molecule has 3 aromatic rings. The minimum absolute atomic E-state index is 0.0649. The van der Waals surface area contributed by atoms with Gasteiger partial charge in [0.2, 0.25) is 0 Å². The normalized spacial score (nSPS) is 13.5. The van der Waals surface area contributed by atoms with Gasteiger partial charge in [-0.2, -0.15) is 0 Å². The van der Waals surface area contributed by atoms with Crippen molar-refractivity contribution in [3.05, 3.63) is 99.1 Å². The first-order valence-corrected chi connectivity index (χ1v) is 10.5. The van der Waals surface area contributed by atoms with E-state index in [0.717, 1.165) is 4.90 Å². The van der Waals surface area contributed by atoms with Gasteiger partial charge in [0, 0.05) is 16.3 Å². The molecule has 0 spiro atoms. The second-order valence-corrected chi connectivity index (χ2v) is 7.97. The predicted octanol–water partition coefficient (Wildman–Crippen LogP) is 5.68. The zero-order chi connectivity index (χ0) is 22.8. The highest BCUT2D eigenvalue weighted by molar-refractivity contribution is 6.53. The van der Waals surface area contributed by atoms with Crippen molar-refractivity contribution in [1.29, 1.82) is 0 Å². The molecule has 0 aromatic heterocycles. The highest BCUT2D eigenvalue weighted by atomic mass is 35.5. The quantitative estimate of drug-likeness (QED) is 0.455. The molecule has 4 rings (SSSR count). The molecule has 160 valence electrons. The largest absolute Gasteiger partial charge is 0.350 e. The summed E-state index contributed by atoms with van der Waals surface area (Å²) in [7, 11) is 0. The summed E-state index contributed by atoms with van der Waals surface area (Å²) >= 11 is 18.2. The summed E-state index contributed by atoms with van der Waals surface area (Å²) < 4.78 is 0. The van der Waals surface area contributed by atoms with Crippen LogP contribution in [0.15, 0.2) is 83.5 Å². The van der Waals surface area contributed by atoms with Gasteiger partial charge in [0.05, 0.1) is 16.4 Å². The second-order valence-electron chi connectivity index (χ2n) is 6.75. The molecule has 6 nitrogen and oxygen atoms in total. The van der Waals surface area contributed by atoms with Crippen LogP contribution in [-0.4, -0.2) is 17.7 Å². The number of benzene rings is 3. The number of halogens is 3. The molecule has 3 amide bonds. The maximum atomic E-state index is 12.8. The van der Waals surface area contributed by atoms with E-state index in [9.17, 15) is 14.4 Å². The van der Waals surface area contributed by atoms with Crippen molar-refractivity contribution >= 4 is 69.6 Å². The third kappa shape index (κ3) is 4.34. The lowest BCUT2D eigenvalue weighted by molar-refractivity contribution is -0.120. The molecule has 0 saturated heterocycles. The SMILES string of the molecule is O=C(Nc1ccccc1Cl)c1ccc(NC2=C(Cl)C(=O)N(c3cccc(Cl)c3)C2=O)cc1. The molecule has 0 aliphatic carbocycles. The summed E-state index contributed by atoms with van der Waals surface area (Å²) in [6.45, 7) is 0. The fourth-order valence-corrected chi connectivity index (χ4v) is 3.65. The number of hydrogen-bond acceptors (Lipinski definition) is 4. The van der Waals surface area contributed by atoms with Gasteiger partial charge in [0.1, 0.15) is 10.7 Å². The number of nitrogens with zero attached hydrogens (tertiary/aromatic N) is 1. The monoisotopic (exact) mass is 485 g/mol. The highest BCUT2D eigenvalue weighted by Gasteiger charge is 2.39.